The summed E-state index contributed by atoms with van der Waals surface area (Å²) in [6.07, 6.45) is 4.08. The first-order chi connectivity index (χ1) is 5.46. The van der Waals surface area contributed by atoms with Crippen molar-refractivity contribution in [3.05, 3.63) is 23.3 Å². The fourth-order valence-corrected chi connectivity index (χ4v) is 1.31. The second kappa shape index (κ2) is 3.09. The highest BCUT2D eigenvalue weighted by Gasteiger charge is 2.42. The van der Waals surface area contributed by atoms with E-state index in [4.69, 9.17) is 28.3 Å². The molecular formula is C7H6Cl2O3. The summed E-state index contributed by atoms with van der Waals surface area (Å²) in [5.74, 6) is -2.41. The third kappa shape index (κ3) is 1.48. The van der Waals surface area contributed by atoms with Crippen LogP contribution in [0.3, 0.4) is 0 Å². The Morgan fingerprint density at radius 1 is 1.67 bits per heavy atom. The smallest absolute Gasteiger partial charge is 0.315 e. The summed E-state index contributed by atoms with van der Waals surface area (Å²) in [5, 5.41) is 15.9. The Labute approximate surface area is 78.9 Å². The maximum atomic E-state index is 10.5. The minimum absolute atomic E-state index is 0.0842. The predicted molar refractivity (Wildman–Crippen MR) is 45.0 cm³/mol. The molecule has 1 aliphatic rings. The number of hydrogen-bond donors (Lipinski definition) is 2. The molecule has 0 amide bonds. The predicted octanol–water partition coefficient (Wildman–Crippen LogP) is 1.31. The molecule has 1 rings (SSSR count). The third-order valence-corrected chi connectivity index (χ3v) is 2.51. The number of alkyl halides is 1. The summed E-state index contributed by atoms with van der Waals surface area (Å²) in [4.78, 5) is 10.5. The van der Waals surface area contributed by atoms with Crippen molar-refractivity contribution in [2.45, 2.75) is 5.06 Å². The molecule has 0 spiro atoms. The first-order valence-electron chi connectivity index (χ1n) is 3.15. The third-order valence-electron chi connectivity index (χ3n) is 1.56. The molecule has 5 heteroatoms. The lowest BCUT2D eigenvalue weighted by Crippen LogP contribution is -2.37. The zero-order chi connectivity index (χ0) is 9.35. The average molecular weight is 209 g/mol. The van der Waals surface area contributed by atoms with E-state index in [1.807, 2.05) is 0 Å². The van der Waals surface area contributed by atoms with E-state index in [0.29, 0.717) is 0 Å². The molecule has 1 aliphatic carbocycles. The molecule has 0 aromatic carbocycles. The topological polar surface area (TPSA) is 57.5 Å². The Hall–Kier alpha value is -0.510. The molecule has 3 nitrogen and oxygen atoms in total. The summed E-state index contributed by atoms with van der Waals surface area (Å²) < 4.78 is 0. The van der Waals surface area contributed by atoms with Gasteiger partial charge in [-0.05, 0) is 6.08 Å². The van der Waals surface area contributed by atoms with Crippen molar-refractivity contribution < 1.29 is 15.0 Å². The van der Waals surface area contributed by atoms with Gasteiger partial charge >= 0.3 is 5.97 Å². The zero-order valence-electron chi connectivity index (χ0n) is 5.87. The number of aliphatic hydroxyl groups is 1. The number of hydrogen-bond acceptors (Lipinski definition) is 2. The number of carbonyl (C=O) groups is 1. The minimum Gasteiger partial charge on any atom is -0.481 e. The van der Waals surface area contributed by atoms with Crippen molar-refractivity contribution in [1.82, 2.24) is 0 Å². The second-order valence-corrected chi connectivity index (χ2v) is 3.37. The molecule has 0 heterocycles. The van der Waals surface area contributed by atoms with Crippen molar-refractivity contribution in [2.24, 2.45) is 5.92 Å². The van der Waals surface area contributed by atoms with Crippen LogP contribution in [0.25, 0.3) is 0 Å². The highest BCUT2D eigenvalue weighted by atomic mass is 35.5. The Bertz CT molecular complexity index is 268. The fraction of sp³-hybridized carbons (Fsp3) is 0.286. The molecule has 2 atom stereocenters. The molecule has 0 aromatic heterocycles. The minimum atomic E-state index is -2.01. The highest BCUT2D eigenvalue weighted by molar-refractivity contribution is 6.39. The SMILES string of the molecule is O=C(O)C1C=CC=C(Cl)C1(O)Cl. The zero-order valence-corrected chi connectivity index (χ0v) is 7.38. The van der Waals surface area contributed by atoms with Gasteiger partial charge in [-0.3, -0.25) is 4.79 Å². The largest absolute Gasteiger partial charge is 0.481 e. The van der Waals surface area contributed by atoms with Crippen LogP contribution in [-0.4, -0.2) is 21.2 Å². The van der Waals surface area contributed by atoms with E-state index in [-0.39, 0.29) is 5.03 Å². The normalized spacial score (nSPS) is 34.6. The van der Waals surface area contributed by atoms with Gasteiger partial charge in [-0.15, -0.1) is 0 Å². The first kappa shape index (κ1) is 9.58. The van der Waals surface area contributed by atoms with Crippen LogP contribution in [0.2, 0.25) is 0 Å². The van der Waals surface area contributed by atoms with Crippen molar-refractivity contribution in [3.63, 3.8) is 0 Å². The van der Waals surface area contributed by atoms with Crippen LogP contribution >= 0.6 is 23.2 Å². The van der Waals surface area contributed by atoms with E-state index in [2.05, 4.69) is 0 Å². The molecule has 0 bridgehead atoms. The molecule has 0 saturated heterocycles. The number of rotatable bonds is 1. The van der Waals surface area contributed by atoms with Crippen LogP contribution in [0.4, 0.5) is 0 Å². The lowest BCUT2D eigenvalue weighted by atomic mass is 9.97. The van der Waals surface area contributed by atoms with E-state index in [1.54, 1.807) is 0 Å². The van der Waals surface area contributed by atoms with Crippen LogP contribution < -0.4 is 0 Å². The van der Waals surface area contributed by atoms with Crippen LogP contribution in [0, 0.1) is 5.92 Å². The molecule has 0 fully saturated rings. The molecule has 66 valence electrons. The molecule has 0 aromatic rings. The number of allylic oxidation sites excluding steroid dienone is 2. The molecular weight excluding hydrogens is 203 g/mol. The van der Waals surface area contributed by atoms with Crippen molar-refractivity contribution in [3.8, 4) is 0 Å². The van der Waals surface area contributed by atoms with Crippen molar-refractivity contribution in [2.75, 3.05) is 0 Å². The number of carboxylic acid groups (broad SMARTS) is 1. The lowest BCUT2D eigenvalue weighted by Gasteiger charge is -2.26. The van der Waals surface area contributed by atoms with Gasteiger partial charge in [0.2, 0.25) is 0 Å². The van der Waals surface area contributed by atoms with Gasteiger partial charge in [0.25, 0.3) is 0 Å². The number of aliphatic carboxylic acids is 1. The van der Waals surface area contributed by atoms with Crippen molar-refractivity contribution >= 4 is 29.2 Å². The fourth-order valence-electron chi connectivity index (χ4n) is 0.890. The Morgan fingerprint density at radius 2 is 2.25 bits per heavy atom. The average Bonchev–Trinajstić information content (AvgIpc) is 1.94. The Balaban J connectivity index is 3.01. The summed E-state index contributed by atoms with van der Waals surface area (Å²) in [6, 6.07) is 0. The van der Waals surface area contributed by atoms with E-state index >= 15 is 0 Å². The van der Waals surface area contributed by atoms with Crippen LogP contribution in [0.5, 0.6) is 0 Å². The van der Waals surface area contributed by atoms with Gasteiger partial charge < -0.3 is 10.2 Å². The maximum Gasteiger partial charge on any atom is 0.315 e. The maximum absolute atomic E-state index is 10.5. The van der Waals surface area contributed by atoms with E-state index in [0.717, 1.165) is 0 Å². The summed E-state index contributed by atoms with van der Waals surface area (Å²) >= 11 is 11.0. The molecule has 2 N–H and O–H groups in total. The summed E-state index contributed by atoms with van der Waals surface area (Å²) in [7, 11) is 0. The van der Waals surface area contributed by atoms with E-state index in [9.17, 15) is 9.90 Å². The van der Waals surface area contributed by atoms with Crippen LogP contribution in [0.1, 0.15) is 0 Å². The second-order valence-electron chi connectivity index (χ2n) is 2.39. The quantitative estimate of drug-likeness (QED) is 0.640. The molecule has 0 aliphatic heterocycles. The summed E-state index contributed by atoms with van der Waals surface area (Å²) in [5.41, 5.74) is 0. The van der Waals surface area contributed by atoms with Gasteiger partial charge in [-0.1, -0.05) is 35.4 Å². The van der Waals surface area contributed by atoms with Gasteiger partial charge in [-0.2, -0.15) is 0 Å². The van der Waals surface area contributed by atoms with Crippen molar-refractivity contribution in [1.29, 1.82) is 0 Å². The van der Waals surface area contributed by atoms with Gasteiger partial charge in [0, 0.05) is 0 Å². The van der Waals surface area contributed by atoms with Gasteiger partial charge in [0.1, 0.15) is 5.92 Å². The lowest BCUT2D eigenvalue weighted by molar-refractivity contribution is -0.143. The van der Waals surface area contributed by atoms with Crippen LogP contribution in [-0.2, 0) is 4.79 Å². The standard InChI is InChI=1S/C7H6Cl2O3/c8-5-3-1-2-4(6(10)11)7(5,9)12/h1-4,12H,(H,10,11). The molecule has 2 unspecified atom stereocenters. The summed E-state index contributed by atoms with van der Waals surface area (Å²) in [6.45, 7) is 0. The number of halogens is 2. The monoisotopic (exact) mass is 208 g/mol. The molecule has 12 heavy (non-hydrogen) atoms. The Kier molecular flexibility index (Phi) is 2.46. The highest BCUT2D eigenvalue weighted by Crippen LogP contribution is 2.36. The van der Waals surface area contributed by atoms with Gasteiger partial charge in [0.05, 0.1) is 5.03 Å². The number of carboxylic acids is 1. The van der Waals surface area contributed by atoms with Gasteiger partial charge in [-0.25, -0.2) is 0 Å². The first-order valence-corrected chi connectivity index (χ1v) is 3.90. The van der Waals surface area contributed by atoms with Gasteiger partial charge in [0.15, 0.2) is 5.06 Å². The Morgan fingerprint density at radius 3 is 2.67 bits per heavy atom. The van der Waals surface area contributed by atoms with Crippen LogP contribution in [0.15, 0.2) is 23.3 Å². The van der Waals surface area contributed by atoms with E-state index < -0.39 is 16.9 Å². The molecule has 0 saturated carbocycles. The van der Waals surface area contributed by atoms with E-state index in [1.165, 1.54) is 18.2 Å². The molecule has 0 radical (unpaired) electrons.